The van der Waals surface area contributed by atoms with Gasteiger partial charge in [0, 0.05) is 35.1 Å². The molecule has 1 aliphatic carbocycles. The number of nitrogens with one attached hydrogen (secondary N) is 1. The summed E-state index contributed by atoms with van der Waals surface area (Å²) in [5, 5.41) is 3.28. The summed E-state index contributed by atoms with van der Waals surface area (Å²) < 4.78 is 0.990. The Morgan fingerprint density at radius 1 is 0.893 bits per heavy atom. The predicted molar refractivity (Wildman–Crippen MR) is 123 cm³/mol. The molecule has 3 rings (SSSR count). The van der Waals surface area contributed by atoms with Gasteiger partial charge in [-0.25, -0.2) is 0 Å². The maximum Gasteiger partial charge on any atom is 0.104 e. The molecule has 0 unspecified atom stereocenters. The molecule has 5 heteroatoms. The van der Waals surface area contributed by atoms with Gasteiger partial charge in [-0.1, -0.05) is 68.9 Å². The van der Waals surface area contributed by atoms with Crippen molar-refractivity contribution in [2.75, 3.05) is 40.8 Å². The third kappa shape index (κ3) is 18.1. The maximum absolute atomic E-state index is 5.46. The quantitative estimate of drug-likeness (QED) is 0.591. The molecule has 4 N–H and O–H groups in total. The monoisotopic (exact) mass is 402 g/mol. The molecule has 0 atom stereocenters. The summed E-state index contributed by atoms with van der Waals surface area (Å²) in [6.07, 6.45) is 12.7. The topological polar surface area (TPSA) is 68.0 Å². The number of hydrogen-bond acceptors (Lipinski definition) is 3. The molecule has 0 aromatic heterocycles. The minimum Gasteiger partial charge on any atom is -0.870 e. The normalized spacial score (nSPS) is 16.9. The van der Waals surface area contributed by atoms with E-state index >= 15 is 0 Å². The first-order valence-electron chi connectivity index (χ1n) is 10.8. The third-order valence-electron chi connectivity index (χ3n) is 5.01. The van der Waals surface area contributed by atoms with Crippen LogP contribution in [0, 0.1) is 5.92 Å². The van der Waals surface area contributed by atoms with Crippen LogP contribution in [0.4, 0.5) is 0 Å². The van der Waals surface area contributed by atoms with Gasteiger partial charge in [0.25, 0.3) is 0 Å². The second kappa shape index (κ2) is 19.0. The van der Waals surface area contributed by atoms with Gasteiger partial charge in [0.1, 0.15) is 6.54 Å². The van der Waals surface area contributed by atoms with Crippen molar-refractivity contribution in [3.05, 3.63) is 35.9 Å². The molecular weight excluding hydrogens is 357 g/mol. The molecule has 1 saturated heterocycles. The zero-order chi connectivity index (χ0) is 19.1. The van der Waals surface area contributed by atoms with Crippen LogP contribution in [0.1, 0.15) is 63.4 Å². The number of rotatable bonds is 4. The summed E-state index contributed by atoms with van der Waals surface area (Å²) in [5.74, 6) is 0.976. The van der Waals surface area contributed by atoms with E-state index in [1.165, 1.54) is 76.4 Å². The summed E-state index contributed by atoms with van der Waals surface area (Å²) in [4.78, 5) is 0. The van der Waals surface area contributed by atoms with E-state index in [-0.39, 0.29) is 35.0 Å². The van der Waals surface area contributed by atoms with Crippen LogP contribution in [0.25, 0.3) is 0 Å². The van der Waals surface area contributed by atoms with Crippen LogP contribution in [0.15, 0.2) is 30.3 Å². The van der Waals surface area contributed by atoms with Crippen LogP contribution in [-0.2, 0) is 6.54 Å². The van der Waals surface area contributed by atoms with Crippen molar-refractivity contribution in [3.8, 4) is 0 Å². The molecule has 2 aliphatic rings. The number of nitrogens with zero attached hydrogens (tertiary/aromatic N) is 1. The van der Waals surface area contributed by atoms with Gasteiger partial charge in [-0.2, -0.15) is 0 Å². The van der Waals surface area contributed by atoms with Gasteiger partial charge >= 0.3 is 0 Å². The number of nitrogens with two attached hydrogens (primary N) is 1. The average molecular weight is 403 g/mol. The minimum absolute atomic E-state index is 0. The zero-order valence-electron chi connectivity index (χ0n) is 19.1. The van der Waals surface area contributed by atoms with E-state index in [0.29, 0.717) is 0 Å². The predicted octanol–water partition coefficient (Wildman–Crippen LogP) is 4.01. The number of hydrogen-bond donors (Lipinski definition) is 2. The molecule has 4 nitrogen and oxygen atoms in total. The van der Waals surface area contributed by atoms with Gasteiger partial charge < -0.3 is 21.0 Å². The molecule has 1 heterocycles. The largest absolute Gasteiger partial charge is 0.870 e. The van der Waals surface area contributed by atoms with E-state index < -0.39 is 0 Å². The van der Waals surface area contributed by atoms with Crippen molar-refractivity contribution in [2.24, 2.45) is 11.7 Å². The van der Waals surface area contributed by atoms with Crippen LogP contribution in [-0.4, -0.2) is 80.3 Å². The molecule has 1 aromatic rings. The Labute approximate surface area is 196 Å². The Kier molecular flexibility index (Phi) is 20.6. The van der Waals surface area contributed by atoms with Gasteiger partial charge in [-0.05, 0) is 44.8 Å². The zero-order valence-corrected chi connectivity index (χ0v) is 21.1. The van der Waals surface area contributed by atoms with Crippen molar-refractivity contribution in [1.29, 1.82) is 0 Å². The number of benzene rings is 1. The molecule has 1 aromatic carbocycles. The molecule has 2 fully saturated rings. The second-order valence-corrected chi connectivity index (χ2v) is 8.83. The summed E-state index contributed by atoms with van der Waals surface area (Å²) in [7, 11) is 6.60. The Bertz CT molecular complexity index is 413. The van der Waals surface area contributed by atoms with Gasteiger partial charge in [-0.3, -0.25) is 0 Å². The van der Waals surface area contributed by atoms with E-state index in [9.17, 15) is 0 Å². The van der Waals surface area contributed by atoms with E-state index in [4.69, 9.17) is 5.73 Å². The summed E-state index contributed by atoms with van der Waals surface area (Å²) in [6.45, 7) is 4.49. The Morgan fingerprint density at radius 3 is 1.82 bits per heavy atom. The smallest absolute Gasteiger partial charge is 0.104 e. The van der Waals surface area contributed by atoms with Gasteiger partial charge in [0.2, 0.25) is 0 Å². The molecule has 159 valence electrons. The fraction of sp³-hybridized carbons (Fsp3) is 0.739. The number of piperidine rings is 1. The van der Waals surface area contributed by atoms with Crippen LogP contribution in [0.2, 0.25) is 0 Å². The third-order valence-corrected chi connectivity index (χ3v) is 5.01. The molecular formula is C23H45N3NaO. The molecule has 1 radical (unpaired) electrons. The summed E-state index contributed by atoms with van der Waals surface area (Å²) >= 11 is 0. The van der Waals surface area contributed by atoms with Crippen molar-refractivity contribution in [2.45, 2.75) is 64.3 Å². The van der Waals surface area contributed by atoms with Crippen LogP contribution in [0.5, 0.6) is 0 Å². The average Bonchev–Trinajstić information content (AvgIpc) is 2.65. The molecule has 28 heavy (non-hydrogen) atoms. The van der Waals surface area contributed by atoms with Gasteiger partial charge in [-0.15, -0.1) is 0 Å². The standard InChI is InChI=1S/C10H16N.C8H17N.C5H11N.Na.H2O/c1-11(2,3)9-10-7-5-4-6-8-10;9-7-6-8-4-2-1-3-5-8;1-2-4-6-5-3-1;;/h4-8H,9H2,1-3H3;8H,1-7,9H2;6H,1-5H2;;1H2/q+1;;;;/p-1. The fourth-order valence-corrected chi connectivity index (χ4v) is 3.64. The molecule has 1 aliphatic heterocycles. The van der Waals surface area contributed by atoms with E-state index in [2.05, 4.69) is 56.8 Å². The van der Waals surface area contributed by atoms with Crippen molar-refractivity contribution < 1.29 is 9.96 Å². The van der Waals surface area contributed by atoms with E-state index in [1.54, 1.807) is 0 Å². The van der Waals surface area contributed by atoms with Crippen molar-refractivity contribution in [1.82, 2.24) is 5.32 Å². The minimum atomic E-state index is 0. The Morgan fingerprint density at radius 2 is 1.43 bits per heavy atom. The Balaban J connectivity index is 0. The van der Waals surface area contributed by atoms with Crippen molar-refractivity contribution >= 4 is 29.6 Å². The van der Waals surface area contributed by atoms with E-state index in [1.807, 2.05) is 0 Å². The second-order valence-electron chi connectivity index (χ2n) is 8.83. The van der Waals surface area contributed by atoms with Gasteiger partial charge in [0.05, 0.1) is 21.1 Å². The first-order valence-corrected chi connectivity index (χ1v) is 10.8. The summed E-state index contributed by atoms with van der Waals surface area (Å²) in [6, 6.07) is 10.6. The summed E-state index contributed by atoms with van der Waals surface area (Å²) in [5.41, 5.74) is 6.86. The van der Waals surface area contributed by atoms with Gasteiger partial charge in [0.15, 0.2) is 0 Å². The molecule has 1 saturated carbocycles. The number of quaternary nitrogens is 1. The SMILES string of the molecule is C1CCNCC1.C[N+](C)(C)Cc1ccccc1.NCCC1CCCCC1.[Na].[OH-]. The van der Waals surface area contributed by atoms with Crippen LogP contribution < -0.4 is 11.1 Å². The van der Waals surface area contributed by atoms with Crippen molar-refractivity contribution in [3.63, 3.8) is 0 Å². The molecule has 0 amide bonds. The Hall–Kier alpha value is 0.0600. The van der Waals surface area contributed by atoms with E-state index in [0.717, 1.165) is 23.5 Å². The van der Waals surface area contributed by atoms with Crippen LogP contribution in [0.3, 0.4) is 0 Å². The first kappa shape index (κ1) is 30.3. The first-order chi connectivity index (χ1) is 12.5. The maximum atomic E-state index is 5.46. The molecule has 0 bridgehead atoms. The molecule has 0 spiro atoms. The van der Waals surface area contributed by atoms with Crippen LogP contribution >= 0.6 is 0 Å². The fourth-order valence-electron chi connectivity index (χ4n) is 3.64.